The van der Waals surface area contributed by atoms with Gasteiger partial charge >= 0.3 is 0 Å². The van der Waals surface area contributed by atoms with Crippen molar-refractivity contribution in [2.75, 3.05) is 26.1 Å². The van der Waals surface area contributed by atoms with Gasteiger partial charge in [0.1, 0.15) is 23.9 Å². The van der Waals surface area contributed by atoms with Crippen molar-refractivity contribution in [3.05, 3.63) is 48.0 Å². The van der Waals surface area contributed by atoms with Gasteiger partial charge in [0.05, 0.1) is 20.1 Å². The summed E-state index contributed by atoms with van der Waals surface area (Å²) in [5.41, 5.74) is 1.70. The Balaban J connectivity index is 1.73. The van der Waals surface area contributed by atoms with Crippen molar-refractivity contribution in [1.29, 1.82) is 0 Å². The summed E-state index contributed by atoms with van der Waals surface area (Å²) in [5.74, 6) is 1.83. The first kappa shape index (κ1) is 15.2. The molecule has 23 heavy (non-hydrogen) atoms. The van der Waals surface area contributed by atoms with Crippen LogP contribution in [0.1, 0.15) is 5.56 Å². The van der Waals surface area contributed by atoms with Crippen LogP contribution in [-0.4, -0.2) is 26.7 Å². The van der Waals surface area contributed by atoms with Gasteiger partial charge in [-0.15, -0.1) is 0 Å². The monoisotopic (exact) mass is 313 g/mol. The third-order valence-corrected chi connectivity index (χ3v) is 3.87. The van der Waals surface area contributed by atoms with Crippen molar-refractivity contribution in [2.45, 2.75) is 6.42 Å². The van der Waals surface area contributed by atoms with Gasteiger partial charge in [-0.1, -0.05) is 18.2 Å². The molecule has 5 nitrogen and oxygen atoms in total. The van der Waals surface area contributed by atoms with Crippen LogP contribution in [0.3, 0.4) is 0 Å². The van der Waals surface area contributed by atoms with Crippen LogP contribution < -0.4 is 19.5 Å². The van der Waals surface area contributed by atoms with Crippen molar-refractivity contribution >= 4 is 11.6 Å². The third-order valence-electron chi connectivity index (χ3n) is 3.87. The molecule has 2 aromatic rings. The van der Waals surface area contributed by atoms with E-state index in [0.717, 1.165) is 11.3 Å². The summed E-state index contributed by atoms with van der Waals surface area (Å²) in [6, 6.07) is 13.1. The van der Waals surface area contributed by atoms with Crippen LogP contribution in [-0.2, 0) is 11.2 Å². The van der Waals surface area contributed by atoms with Gasteiger partial charge in [0, 0.05) is 23.9 Å². The van der Waals surface area contributed by atoms with Gasteiger partial charge in [0.15, 0.2) is 0 Å². The Labute approximate surface area is 135 Å². The van der Waals surface area contributed by atoms with Crippen LogP contribution in [0, 0.1) is 5.92 Å². The number of methoxy groups -OCH3 is 2. The van der Waals surface area contributed by atoms with E-state index in [1.54, 1.807) is 32.4 Å². The van der Waals surface area contributed by atoms with Gasteiger partial charge < -0.3 is 19.5 Å². The number of carbonyl (C=O) groups excluding carboxylic acids is 1. The zero-order valence-electron chi connectivity index (χ0n) is 13.2. The second-order valence-corrected chi connectivity index (χ2v) is 5.41. The Hall–Kier alpha value is -2.69. The Morgan fingerprint density at radius 2 is 1.83 bits per heavy atom. The molecular formula is C18H19NO4. The molecule has 0 saturated heterocycles. The number of hydrogen-bond donors (Lipinski definition) is 1. The Morgan fingerprint density at radius 3 is 2.52 bits per heavy atom. The molecule has 1 atom stereocenters. The van der Waals surface area contributed by atoms with Crippen molar-refractivity contribution < 1.29 is 19.0 Å². The third kappa shape index (κ3) is 3.39. The summed E-state index contributed by atoms with van der Waals surface area (Å²) < 4.78 is 16.1. The molecule has 0 radical (unpaired) electrons. The van der Waals surface area contributed by atoms with E-state index in [2.05, 4.69) is 5.32 Å². The molecule has 120 valence electrons. The lowest BCUT2D eigenvalue weighted by Gasteiger charge is -2.24. The molecule has 0 spiro atoms. The lowest BCUT2D eigenvalue weighted by molar-refractivity contribution is -0.121. The standard InChI is InChI=1S/C18H19NO4/c1-21-15-8-14(9-16(10-15)22-2)19-18(20)13-7-12-5-3-4-6-17(12)23-11-13/h3-6,8-10,13H,7,11H2,1-2H3,(H,19,20)/t13-/m0/s1. The minimum Gasteiger partial charge on any atom is -0.497 e. The second kappa shape index (κ2) is 6.60. The number of hydrogen-bond acceptors (Lipinski definition) is 4. The van der Waals surface area contributed by atoms with Gasteiger partial charge in [0.2, 0.25) is 5.91 Å². The van der Waals surface area contributed by atoms with E-state index in [1.165, 1.54) is 0 Å². The summed E-state index contributed by atoms with van der Waals surface area (Å²) in [7, 11) is 3.15. The molecule has 3 rings (SSSR count). The molecule has 0 bridgehead atoms. The fourth-order valence-corrected chi connectivity index (χ4v) is 2.62. The number of carbonyl (C=O) groups is 1. The highest BCUT2D eigenvalue weighted by molar-refractivity contribution is 5.93. The topological polar surface area (TPSA) is 56.8 Å². The fraction of sp³-hybridized carbons (Fsp3) is 0.278. The van der Waals surface area contributed by atoms with E-state index in [0.29, 0.717) is 30.2 Å². The summed E-state index contributed by atoms with van der Waals surface area (Å²) in [4.78, 5) is 12.5. The summed E-state index contributed by atoms with van der Waals surface area (Å²) in [6.07, 6.45) is 0.670. The van der Waals surface area contributed by atoms with Crippen molar-refractivity contribution in [2.24, 2.45) is 5.92 Å². The van der Waals surface area contributed by atoms with Crippen molar-refractivity contribution in [3.63, 3.8) is 0 Å². The average molecular weight is 313 g/mol. The number of anilines is 1. The van der Waals surface area contributed by atoms with Crippen LogP contribution in [0.4, 0.5) is 5.69 Å². The van der Waals surface area contributed by atoms with E-state index in [1.807, 2.05) is 24.3 Å². The zero-order valence-corrected chi connectivity index (χ0v) is 13.2. The summed E-state index contributed by atoms with van der Waals surface area (Å²) >= 11 is 0. The van der Waals surface area contributed by atoms with E-state index >= 15 is 0 Å². The summed E-state index contributed by atoms with van der Waals surface area (Å²) in [6.45, 7) is 0.379. The lowest BCUT2D eigenvalue weighted by atomic mass is 9.96. The number of para-hydroxylation sites is 1. The number of benzene rings is 2. The average Bonchev–Trinajstić information content (AvgIpc) is 2.60. The van der Waals surface area contributed by atoms with Crippen LogP contribution in [0.15, 0.2) is 42.5 Å². The molecular weight excluding hydrogens is 294 g/mol. The lowest BCUT2D eigenvalue weighted by Crippen LogP contribution is -2.32. The smallest absolute Gasteiger partial charge is 0.231 e. The predicted molar refractivity (Wildman–Crippen MR) is 87.3 cm³/mol. The number of nitrogens with one attached hydrogen (secondary N) is 1. The Morgan fingerprint density at radius 1 is 1.13 bits per heavy atom. The van der Waals surface area contributed by atoms with Crippen molar-refractivity contribution in [1.82, 2.24) is 0 Å². The van der Waals surface area contributed by atoms with Crippen LogP contribution in [0.25, 0.3) is 0 Å². The quantitative estimate of drug-likeness (QED) is 0.943. The van der Waals surface area contributed by atoms with Crippen LogP contribution in [0.5, 0.6) is 17.2 Å². The summed E-state index contributed by atoms with van der Waals surface area (Å²) in [5, 5.41) is 2.91. The fourth-order valence-electron chi connectivity index (χ4n) is 2.62. The zero-order chi connectivity index (χ0) is 16.2. The van der Waals surface area contributed by atoms with Gasteiger partial charge in [0.25, 0.3) is 0 Å². The van der Waals surface area contributed by atoms with Gasteiger partial charge in [-0.3, -0.25) is 4.79 Å². The molecule has 1 aliphatic heterocycles. The first-order chi connectivity index (χ1) is 11.2. The molecule has 1 aliphatic rings. The van der Waals surface area contributed by atoms with Gasteiger partial charge in [-0.25, -0.2) is 0 Å². The Bertz CT molecular complexity index is 692. The molecule has 1 heterocycles. The molecule has 1 amide bonds. The van der Waals surface area contributed by atoms with Gasteiger partial charge in [-0.2, -0.15) is 0 Å². The van der Waals surface area contributed by atoms with E-state index in [9.17, 15) is 4.79 Å². The van der Waals surface area contributed by atoms with E-state index in [4.69, 9.17) is 14.2 Å². The van der Waals surface area contributed by atoms with E-state index in [-0.39, 0.29) is 11.8 Å². The van der Waals surface area contributed by atoms with Crippen molar-refractivity contribution in [3.8, 4) is 17.2 Å². The molecule has 0 aromatic heterocycles. The maximum Gasteiger partial charge on any atom is 0.231 e. The Kier molecular flexibility index (Phi) is 4.37. The first-order valence-corrected chi connectivity index (χ1v) is 7.44. The molecule has 0 unspecified atom stereocenters. The van der Waals surface area contributed by atoms with Crippen LogP contribution >= 0.6 is 0 Å². The molecule has 0 fully saturated rings. The number of amides is 1. The normalized spacial score (nSPS) is 16.0. The SMILES string of the molecule is COc1cc(NC(=O)[C@@H]2COc3ccccc3C2)cc(OC)c1. The molecule has 5 heteroatoms. The maximum atomic E-state index is 12.5. The molecule has 0 saturated carbocycles. The van der Waals surface area contributed by atoms with Gasteiger partial charge in [-0.05, 0) is 18.1 Å². The van der Waals surface area contributed by atoms with Crippen LogP contribution in [0.2, 0.25) is 0 Å². The van der Waals surface area contributed by atoms with E-state index < -0.39 is 0 Å². The molecule has 2 aromatic carbocycles. The predicted octanol–water partition coefficient (Wildman–Crippen LogP) is 2.89. The first-order valence-electron chi connectivity index (χ1n) is 7.44. The number of rotatable bonds is 4. The minimum atomic E-state index is -0.220. The highest BCUT2D eigenvalue weighted by Crippen LogP contribution is 2.29. The minimum absolute atomic E-state index is 0.0743. The second-order valence-electron chi connectivity index (χ2n) is 5.41. The largest absolute Gasteiger partial charge is 0.497 e. The molecule has 1 N–H and O–H groups in total. The number of ether oxygens (including phenoxy) is 3. The highest BCUT2D eigenvalue weighted by Gasteiger charge is 2.26. The molecule has 0 aliphatic carbocycles. The maximum absolute atomic E-state index is 12.5. The highest BCUT2D eigenvalue weighted by atomic mass is 16.5. The number of fused-ring (bicyclic) bond motifs is 1.